The topological polar surface area (TPSA) is 80.6 Å². The Labute approximate surface area is 253 Å². The second-order valence-corrected chi connectivity index (χ2v) is 12.8. The van der Waals surface area contributed by atoms with Gasteiger partial charge in [0.15, 0.2) is 6.10 Å². The number of carboxylic acids is 1. The molecule has 1 aromatic heterocycles. The van der Waals surface area contributed by atoms with Crippen LogP contribution in [0, 0.1) is 6.92 Å². The van der Waals surface area contributed by atoms with E-state index < -0.39 is 12.1 Å². The number of rotatable bonds is 9. The predicted molar refractivity (Wildman–Crippen MR) is 170 cm³/mol. The van der Waals surface area contributed by atoms with E-state index in [0.717, 1.165) is 33.3 Å². The lowest BCUT2D eigenvalue weighted by Crippen LogP contribution is -2.26. The molecule has 42 heavy (non-hydrogen) atoms. The highest BCUT2D eigenvalue weighted by Gasteiger charge is 2.21. The Balaban J connectivity index is 1.63. The van der Waals surface area contributed by atoms with Gasteiger partial charge in [0, 0.05) is 39.6 Å². The Morgan fingerprint density at radius 3 is 2.24 bits per heavy atom. The third-order valence-corrected chi connectivity index (χ3v) is 7.97. The number of hydrogen-bond acceptors (Lipinski definition) is 3. The fourth-order valence-electron chi connectivity index (χ4n) is 5.42. The summed E-state index contributed by atoms with van der Waals surface area (Å²) in [5.41, 5.74) is 7.12. The van der Waals surface area contributed by atoms with Crippen LogP contribution in [0.25, 0.3) is 10.9 Å². The molecule has 7 heteroatoms. The molecule has 0 aliphatic carbocycles. The maximum Gasteiger partial charge on any atom is 0.344 e. The first-order chi connectivity index (χ1) is 19.6. The zero-order chi connectivity index (χ0) is 30.9. The highest BCUT2D eigenvalue weighted by atomic mass is 35.5. The van der Waals surface area contributed by atoms with Crippen molar-refractivity contribution in [1.29, 1.82) is 0 Å². The van der Waals surface area contributed by atoms with Crippen molar-refractivity contribution in [3.8, 4) is 5.75 Å². The van der Waals surface area contributed by atoms with Crippen molar-refractivity contribution in [1.82, 2.24) is 9.88 Å². The maximum absolute atomic E-state index is 13.4. The molecule has 4 aromatic rings. The second-order valence-electron chi connectivity index (χ2n) is 12.4. The molecule has 0 saturated heterocycles. The normalized spacial score (nSPS) is 13.3. The van der Waals surface area contributed by atoms with E-state index in [4.69, 9.17) is 16.3 Å². The minimum atomic E-state index is -1.04. The molecular weight excluding hydrogens is 548 g/mol. The predicted octanol–water partition coefficient (Wildman–Crippen LogP) is 8.42. The molecule has 0 aliphatic heterocycles. The number of carbonyl (C=O) groups is 2. The smallest absolute Gasteiger partial charge is 0.344 e. The van der Waals surface area contributed by atoms with E-state index in [0.29, 0.717) is 22.8 Å². The van der Waals surface area contributed by atoms with Gasteiger partial charge in [0.1, 0.15) is 5.75 Å². The zero-order valence-corrected chi connectivity index (χ0v) is 26.5. The van der Waals surface area contributed by atoms with Crippen LogP contribution in [0.4, 0.5) is 0 Å². The highest BCUT2D eigenvalue weighted by Crippen LogP contribution is 2.33. The highest BCUT2D eigenvalue weighted by molar-refractivity contribution is 6.30. The standard InChI is InChI=1S/C35H41ClN2O4/c1-20(2)38-22(4)31(17-24-15-28(36)19-29(16-24)42-23(5)34(40)41)30-14-11-26(18-32(30)38)33(39)37-21(3)25-9-12-27(13-10-25)35(6,7)8/h9-16,18-21,23H,17H2,1-8H3,(H,37,39)(H,40,41)/t21-,23+/m0/s1. The first-order valence-corrected chi connectivity index (χ1v) is 14.8. The van der Waals surface area contributed by atoms with Gasteiger partial charge >= 0.3 is 5.97 Å². The van der Waals surface area contributed by atoms with E-state index in [1.807, 2.05) is 37.3 Å². The molecule has 6 nitrogen and oxygen atoms in total. The summed E-state index contributed by atoms with van der Waals surface area (Å²) in [5.74, 6) is -0.747. The van der Waals surface area contributed by atoms with Crippen molar-refractivity contribution in [3.05, 3.63) is 99.2 Å². The van der Waals surface area contributed by atoms with Crippen LogP contribution >= 0.6 is 11.6 Å². The number of carbonyl (C=O) groups excluding carboxylic acids is 1. The number of carboxylic acid groups (broad SMARTS) is 1. The Morgan fingerprint density at radius 1 is 0.976 bits per heavy atom. The number of nitrogens with one attached hydrogen (secondary N) is 1. The number of halogens is 1. The zero-order valence-electron chi connectivity index (χ0n) is 25.7. The van der Waals surface area contributed by atoms with Gasteiger partial charge in [-0.25, -0.2) is 4.79 Å². The van der Waals surface area contributed by atoms with Gasteiger partial charge in [-0.3, -0.25) is 4.79 Å². The van der Waals surface area contributed by atoms with Gasteiger partial charge in [0.25, 0.3) is 5.91 Å². The third-order valence-electron chi connectivity index (χ3n) is 7.76. The molecule has 0 fully saturated rings. The van der Waals surface area contributed by atoms with Crippen LogP contribution in [-0.4, -0.2) is 27.7 Å². The Hall–Kier alpha value is -3.77. The number of amides is 1. The van der Waals surface area contributed by atoms with Crippen LogP contribution in [0.5, 0.6) is 5.75 Å². The lowest BCUT2D eigenvalue weighted by molar-refractivity contribution is -0.144. The molecule has 3 aromatic carbocycles. The Kier molecular flexibility index (Phi) is 9.07. The molecule has 0 radical (unpaired) electrons. The largest absolute Gasteiger partial charge is 0.479 e. The summed E-state index contributed by atoms with van der Waals surface area (Å²) >= 11 is 6.38. The summed E-state index contributed by atoms with van der Waals surface area (Å²) in [6.07, 6.45) is -0.413. The average Bonchev–Trinajstić information content (AvgIpc) is 3.18. The maximum atomic E-state index is 13.4. The number of nitrogens with zero attached hydrogens (tertiary/aromatic N) is 1. The number of fused-ring (bicyclic) bond motifs is 1. The third kappa shape index (κ3) is 6.81. The van der Waals surface area contributed by atoms with Gasteiger partial charge < -0.3 is 19.7 Å². The summed E-state index contributed by atoms with van der Waals surface area (Å²) in [4.78, 5) is 24.7. The minimum absolute atomic E-state index is 0.0739. The van der Waals surface area contributed by atoms with Crippen molar-refractivity contribution in [3.63, 3.8) is 0 Å². The SMILES string of the molecule is Cc1c(Cc2cc(Cl)cc(O[C@H](C)C(=O)O)c2)c2ccc(C(=O)N[C@@H](C)c3ccc(C(C)(C)C)cc3)cc2n1C(C)C. The van der Waals surface area contributed by atoms with Crippen molar-refractivity contribution in [2.45, 2.75) is 85.4 Å². The van der Waals surface area contributed by atoms with E-state index in [9.17, 15) is 14.7 Å². The summed E-state index contributed by atoms with van der Waals surface area (Å²) in [5, 5.41) is 13.9. The van der Waals surface area contributed by atoms with E-state index in [-0.39, 0.29) is 23.4 Å². The summed E-state index contributed by atoms with van der Waals surface area (Å²) < 4.78 is 7.84. The molecule has 4 rings (SSSR count). The number of benzene rings is 3. The first-order valence-electron chi connectivity index (χ1n) is 14.4. The van der Waals surface area contributed by atoms with Crippen molar-refractivity contribution in [2.75, 3.05) is 0 Å². The summed E-state index contributed by atoms with van der Waals surface area (Å²) in [7, 11) is 0. The summed E-state index contributed by atoms with van der Waals surface area (Å²) in [6.45, 7) is 16.4. The van der Waals surface area contributed by atoms with Crippen molar-refractivity contribution in [2.24, 2.45) is 0 Å². The summed E-state index contributed by atoms with van der Waals surface area (Å²) in [6, 6.07) is 19.7. The van der Waals surface area contributed by atoms with Crippen LogP contribution in [0.1, 0.15) is 98.9 Å². The Bertz CT molecular complexity index is 1610. The number of ether oxygens (including phenoxy) is 1. The molecule has 0 aliphatic rings. The van der Waals surface area contributed by atoms with Crippen LogP contribution in [0.2, 0.25) is 5.02 Å². The minimum Gasteiger partial charge on any atom is -0.479 e. The molecule has 0 saturated carbocycles. The molecule has 0 bridgehead atoms. The quantitative estimate of drug-likeness (QED) is 0.206. The van der Waals surface area contributed by atoms with Crippen molar-refractivity contribution >= 4 is 34.4 Å². The van der Waals surface area contributed by atoms with Gasteiger partial charge in [-0.15, -0.1) is 0 Å². The van der Waals surface area contributed by atoms with Crippen LogP contribution in [0.15, 0.2) is 60.7 Å². The molecular formula is C35H41ClN2O4. The lowest BCUT2D eigenvalue weighted by Gasteiger charge is -2.21. The Morgan fingerprint density at radius 2 is 1.64 bits per heavy atom. The average molecular weight is 589 g/mol. The van der Waals surface area contributed by atoms with Gasteiger partial charge in [-0.1, -0.05) is 62.7 Å². The number of aliphatic carboxylic acids is 1. The van der Waals surface area contributed by atoms with Crippen LogP contribution < -0.4 is 10.1 Å². The molecule has 1 amide bonds. The van der Waals surface area contributed by atoms with E-state index >= 15 is 0 Å². The van der Waals surface area contributed by atoms with E-state index in [1.54, 1.807) is 6.07 Å². The first kappa shape index (κ1) is 31.2. The van der Waals surface area contributed by atoms with Crippen LogP contribution in [0.3, 0.4) is 0 Å². The molecule has 0 unspecified atom stereocenters. The molecule has 222 valence electrons. The fraction of sp³-hybridized carbons (Fsp3) is 0.371. The number of hydrogen-bond donors (Lipinski definition) is 2. The van der Waals surface area contributed by atoms with Crippen molar-refractivity contribution < 1.29 is 19.4 Å². The monoisotopic (exact) mass is 588 g/mol. The molecule has 1 heterocycles. The lowest BCUT2D eigenvalue weighted by atomic mass is 9.86. The van der Waals surface area contributed by atoms with Crippen LogP contribution in [-0.2, 0) is 16.6 Å². The second kappa shape index (κ2) is 12.2. The van der Waals surface area contributed by atoms with Gasteiger partial charge in [0.2, 0.25) is 0 Å². The molecule has 0 spiro atoms. The van der Waals surface area contributed by atoms with Gasteiger partial charge in [-0.05, 0) is 92.6 Å². The number of aromatic nitrogens is 1. The van der Waals surface area contributed by atoms with E-state index in [1.165, 1.54) is 12.5 Å². The fourth-order valence-corrected chi connectivity index (χ4v) is 5.67. The van der Waals surface area contributed by atoms with E-state index in [2.05, 4.69) is 75.7 Å². The van der Waals surface area contributed by atoms with Gasteiger partial charge in [0.05, 0.1) is 6.04 Å². The van der Waals surface area contributed by atoms with Gasteiger partial charge in [-0.2, -0.15) is 0 Å². The molecule has 2 atom stereocenters. The molecule has 2 N–H and O–H groups in total.